The molecule has 0 fully saturated rings. The maximum atomic E-state index is 13.1. The number of hydrogen-bond donors (Lipinski definition) is 0. The van der Waals surface area contributed by atoms with E-state index in [2.05, 4.69) is 15.9 Å². The summed E-state index contributed by atoms with van der Waals surface area (Å²) in [7, 11) is 0. The van der Waals surface area contributed by atoms with E-state index < -0.39 is 17.7 Å². The number of nitrogens with zero attached hydrogens (tertiary/aromatic N) is 1. The highest BCUT2D eigenvalue weighted by Gasteiger charge is 2.28. The SMILES string of the molecule is CCOC(=O)c1sc(CC(=O)/C(C#N)=C/c2ccc(OCc3ccccc3Cl)c(Br)c2)c(C(=O)OCC)c1C. The first kappa shape index (κ1) is 30.1. The highest BCUT2D eigenvalue weighted by Crippen LogP contribution is 2.32. The number of thiophene rings is 1. The molecular weight excluding hydrogens is 606 g/mol. The Morgan fingerprint density at radius 2 is 1.77 bits per heavy atom. The predicted octanol–water partition coefficient (Wildman–Crippen LogP) is 7.12. The van der Waals surface area contributed by atoms with E-state index in [0.29, 0.717) is 31.2 Å². The minimum Gasteiger partial charge on any atom is -0.488 e. The summed E-state index contributed by atoms with van der Waals surface area (Å²) in [4.78, 5) is 38.7. The zero-order chi connectivity index (χ0) is 28.5. The Morgan fingerprint density at radius 3 is 2.41 bits per heavy atom. The van der Waals surface area contributed by atoms with Gasteiger partial charge >= 0.3 is 11.9 Å². The van der Waals surface area contributed by atoms with Crippen LogP contribution in [0, 0.1) is 18.3 Å². The van der Waals surface area contributed by atoms with Gasteiger partial charge in [0.05, 0.1) is 28.8 Å². The maximum Gasteiger partial charge on any atom is 0.348 e. The van der Waals surface area contributed by atoms with Crippen LogP contribution in [0.3, 0.4) is 0 Å². The third-order valence-corrected chi connectivity index (χ3v) is 7.77. The molecule has 0 N–H and O–H groups in total. The lowest BCUT2D eigenvalue weighted by atomic mass is 10.0. The largest absolute Gasteiger partial charge is 0.488 e. The Kier molecular flexibility index (Phi) is 10.9. The van der Waals surface area contributed by atoms with Crippen LogP contribution >= 0.6 is 38.9 Å². The molecule has 10 heteroatoms. The van der Waals surface area contributed by atoms with Gasteiger partial charge in [-0.15, -0.1) is 11.3 Å². The molecule has 0 spiro atoms. The lowest BCUT2D eigenvalue weighted by Gasteiger charge is -2.10. The number of ketones is 1. The van der Waals surface area contributed by atoms with Gasteiger partial charge < -0.3 is 14.2 Å². The molecule has 3 rings (SSSR count). The van der Waals surface area contributed by atoms with Crippen molar-refractivity contribution in [2.24, 2.45) is 0 Å². The van der Waals surface area contributed by atoms with Crippen LogP contribution in [-0.4, -0.2) is 30.9 Å². The number of carbonyl (C=O) groups excluding carboxylic acids is 3. The number of Topliss-reactive ketones (excluding diaryl/α,β-unsaturated/α-hetero) is 1. The van der Waals surface area contributed by atoms with Gasteiger partial charge in [0.15, 0.2) is 5.78 Å². The molecule has 39 heavy (non-hydrogen) atoms. The number of allylic oxidation sites excluding steroid dienone is 1. The van der Waals surface area contributed by atoms with Crippen molar-refractivity contribution in [1.29, 1.82) is 5.26 Å². The number of carbonyl (C=O) groups is 3. The Bertz CT molecular complexity index is 1470. The highest BCUT2D eigenvalue weighted by atomic mass is 79.9. The minimum absolute atomic E-state index is 0.106. The Labute approximate surface area is 244 Å². The lowest BCUT2D eigenvalue weighted by Crippen LogP contribution is -2.12. The van der Waals surface area contributed by atoms with Crippen molar-refractivity contribution in [1.82, 2.24) is 0 Å². The molecule has 0 saturated carbocycles. The summed E-state index contributed by atoms with van der Waals surface area (Å²) >= 11 is 10.7. The topological polar surface area (TPSA) is 103 Å². The normalized spacial score (nSPS) is 11.0. The van der Waals surface area contributed by atoms with Crippen molar-refractivity contribution in [3.05, 3.63) is 89.5 Å². The van der Waals surface area contributed by atoms with E-state index in [9.17, 15) is 19.6 Å². The first-order valence-corrected chi connectivity index (χ1v) is 14.0. The first-order chi connectivity index (χ1) is 18.7. The molecule has 3 aromatic rings. The number of hydrogen-bond acceptors (Lipinski definition) is 8. The van der Waals surface area contributed by atoms with E-state index in [1.54, 1.807) is 45.0 Å². The lowest BCUT2D eigenvalue weighted by molar-refractivity contribution is -0.114. The number of halogens is 2. The van der Waals surface area contributed by atoms with Crippen LogP contribution in [0.25, 0.3) is 6.08 Å². The molecule has 1 heterocycles. The number of ether oxygens (including phenoxy) is 3. The second-order valence-corrected chi connectivity index (χ2v) is 10.5. The van der Waals surface area contributed by atoms with Crippen LogP contribution in [0.15, 0.2) is 52.5 Å². The monoisotopic (exact) mass is 629 g/mol. The molecule has 0 saturated heterocycles. The predicted molar refractivity (Wildman–Crippen MR) is 153 cm³/mol. The third kappa shape index (κ3) is 7.57. The van der Waals surface area contributed by atoms with Crippen molar-refractivity contribution in [3.63, 3.8) is 0 Å². The molecule has 0 aliphatic carbocycles. The van der Waals surface area contributed by atoms with Gasteiger partial charge in [-0.05, 0) is 72.1 Å². The second-order valence-electron chi connectivity index (χ2n) is 8.14. The summed E-state index contributed by atoms with van der Waals surface area (Å²) in [6.45, 7) is 5.52. The zero-order valence-electron chi connectivity index (χ0n) is 21.5. The minimum atomic E-state index is -0.636. The average Bonchev–Trinajstić information content (AvgIpc) is 3.23. The van der Waals surface area contributed by atoms with Gasteiger partial charge in [0.1, 0.15) is 23.3 Å². The molecule has 0 atom stereocenters. The van der Waals surface area contributed by atoms with E-state index in [0.717, 1.165) is 16.9 Å². The van der Waals surface area contributed by atoms with Crippen LogP contribution in [0.2, 0.25) is 5.02 Å². The van der Waals surface area contributed by atoms with Crippen LogP contribution in [-0.2, 0) is 27.3 Å². The summed E-state index contributed by atoms with van der Waals surface area (Å²) in [5, 5.41) is 10.3. The Morgan fingerprint density at radius 1 is 1.08 bits per heavy atom. The fourth-order valence-electron chi connectivity index (χ4n) is 3.64. The van der Waals surface area contributed by atoms with E-state index in [1.807, 2.05) is 24.3 Å². The van der Waals surface area contributed by atoms with Crippen molar-refractivity contribution in [3.8, 4) is 11.8 Å². The molecular formula is C29H25BrClNO6S. The van der Waals surface area contributed by atoms with E-state index in [1.165, 1.54) is 6.08 Å². The van der Waals surface area contributed by atoms with Crippen LogP contribution in [0.5, 0.6) is 5.75 Å². The second kappa shape index (κ2) is 14.1. The van der Waals surface area contributed by atoms with Crippen molar-refractivity contribution >= 4 is 62.7 Å². The molecule has 0 amide bonds. The summed E-state index contributed by atoms with van der Waals surface area (Å²) in [5.74, 6) is -1.16. The van der Waals surface area contributed by atoms with Gasteiger partial charge in [0.2, 0.25) is 0 Å². The van der Waals surface area contributed by atoms with Gasteiger partial charge in [0, 0.05) is 21.9 Å². The quantitative estimate of drug-likeness (QED) is 0.126. The standard InChI is InChI=1S/C29H25BrClNO6S/c1-4-36-28(34)26-17(3)27(29(35)37-5-2)39-25(26)14-23(33)20(15-32)12-18-10-11-24(21(30)13-18)38-16-19-8-6-7-9-22(19)31/h6-13H,4-5,14,16H2,1-3H3/b20-12+. The molecule has 2 aromatic carbocycles. The maximum absolute atomic E-state index is 13.1. The molecule has 0 aliphatic rings. The highest BCUT2D eigenvalue weighted by molar-refractivity contribution is 9.10. The smallest absolute Gasteiger partial charge is 0.348 e. The fraction of sp³-hybridized carbons (Fsp3) is 0.241. The van der Waals surface area contributed by atoms with Gasteiger partial charge in [-0.3, -0.25) is 4.79 Å². The van der Waals surface area contributed by atoms with Gasteiger partial charge in [-0.25, -0.2) is 9.59 Å². The summed E-state index contributed by atoms with van der Waals surface area (Å²) < 4.78 is 16.7. The van der Waals surface area contributed by atoms with Crippen molar-refractivity contribution < 1.29 is 28.6 Å². The molecule has 1 aromatic heterocycles. The molecule has 7 nitrogen and oxygen atoms in total. The summed E-state index contributed by atoms with van der Waals surface area (Å²) in [6, 6.07) is 14.5. The third-order valence-electron chi connectivity index (χ3n) is 5.51. The number of esters is 2. The number of benzene rings is 2. The molecule has 0 bridgehead atoms. The van der Waals surface area contributed by atoms with E-state index in [4.69, 9.17) is 25.8 Å². The molecule has 0 radical (unpaired) electrons. The van der Waals surface area contributed by atoms with Gasteiger partial charge in [-0.2, -0.15) is 5.26 Å². The van der Waals surface area contributed by atoms with Crippen LogP contribution < -0.4 is 4.74 Å². The number of nitriles is 1. The van der Waals surface area contributed by atoms with Crippen molar-refractivity contribution in [2.75, 3.05) is 13.2 Å². The zero-order valence-corrected chi connectivity index (χ0v) is 24.7. The average molecular weight is 631 g/mol. The molecule has 202 valence electrons. The number of rotatable bonds is 11. The molecule has 0 unspecified atom stereocenters. The molecule has 0 aliphatic heterocycles. The van der Waals surface area contributed by atoms with Crippen LogP contribution in [0.4, 0.5) is 0 Å². The summed E-state index contributed by atoms with van der Waals surface area (Å²) in [5.41, 5.74) is 1.86. The first-order valence-electron chi connectivity index (χ1n) is 12.0. The van der Waals surface area contributed by atoms with Gasteiger partial charge in [-0.1, -0.05) is 35.9 Å². The van der Waals surface area contributed by atoms with E-state index in [-0.39, 0.29) is 42.3 Å². The Hall–Kier alpha value is -3.45. The summed E-state index contributed by atoms with van der Waals surface area (Å²) in [6.07, 6.45) is 1.21. The Balaban J connectivity index is 1.83. The van der Waals surface area contributed by atoms with E-state index >= 15 is 0 Å². The van der Waals surface area contributed by atoms with Crippen LogP contribution in [0.1, 0.15) is 55.4 Å². The van der Waals surface area contributed by atoms with Crippen molar-refractivity contribution in [2.45, 2.75) is 33.8 Å². The fourth-order valence-corrected chi connectivity index (χ4v) is 5.52. The van der Waals surface area contributed by atoms with Gasteiger partial charge in [0.25, 0.3) is 0 Å².